The summed E-state index contributed by atoms with van der Waals surface area (Å²) in [6.07, 6.45) is 0.164. The van der Waals surface area contributed by atoms with Crippen LogP contribution < -0.4 is 5.32 Å². The molecule has 0 unspecified atom stereocenters. The molecule has 110 valence electrons. The van der Waals surface area contributed by atoms with Crippen molar-refractivity contribution in [3.63, 3.8) is 0 Å². The summed E-state index contributed by atoms with van der Waals surface area (Å²) >= 11 is 0. The molecule has 1 N–H and O–H groups in total. The minimum Gasteiger partial charge on any atom is -0.352 e. The van der Waals surface area contributed by atoms with E-state index in [0.717, 1.165) is 30.3 Å². The third kappa shape index (κ3) is 3.81. The van der Waals surface area contributed by atoms with E-state index in [0.29, 0.717) is 5.56 Å². The Labute approximate surface area is 118 Å². The quantitative estimate of drug-likeness (QED) is 0.863. The van der Waals surface area contributed by atoms with E-state index < -0.39 is 34.7 Å². The average Bonchev–Trinajstić information content (AvgIpc) is 2.40. The van der Waals surface area contributed by atoms with E-state index in [-0.39, 0.29) is 13.0 Å². The summed E-state index contributed by atoms with van der Waals surface area (Å²) in [6, 6.07) is 6.28. The molecule has 0 fully saturated rings. The van der Waals surface area contributed by atoms with Crippen molar-refractivity contribution in [2.75, 3.05) is 6.54 Å². The number of hydrogen-bond acceptors (Lipinski definition) is 1. The Morgan fingerprint density at radius 2 is 1.67 bits per heavy atom. The zero-order chi connectivity index (χ0) is 15.4. The molecule has 0 atom stereocenters. The van der Waals surface area contributed by atoms with Gasteiger partial charge < -0.3 is 5.32 Å². The minimum absolute atomic E-state index is 0.0394. The first-order valence-electron chi connectivity index (χ1n) is 6.14. The summed E-state index contributed by atoms with van der Waals surface area (Å²) in [7, 11) is 0. The summed E-state index contributed by atoms with van der Waals surface area (Å²) in [5.74, 6) is -4.56. The Morgan fingerprint density at radius 3 is 2.33 bits per heavy atom. The van der Waals surface area contributed by atoms with Crippen molar-refractivity contribution < 1.29 is 22.4 Å². The SMILES string of the molecule is O=C(NCCc1cc(F)cc(F)c1)c1cccc(F)c1F. The molecule has 2 aromatic rings. The maximum absolute atomic E-state index is 13.4. The number of halogens is 4. The lowest BCUT2D eigenvalue weighted by Gasteiger charge is -2.07. The van der Waals surface area contributed by atoms with Gasteiger partial charge in [-0.05, 0) is 36.2 Å². The molecule has 0 heterocycles. The lowest BCUT2D eigenvalue weighted by Crippen LogP contribution is -2.26. The zero-order valence-corrected chi connectivity index (χ0v) is 10.8. The van der Waals surface area contributed by atoms with Gasteiger partial charge in [0, 0.05) is 12.6 Å². The molecule has 0 saturated heterocycles. The van der Waals surface area contributed by atoms with Crippen LogP contribution in [0.3, 0.4) is 0 Å². The molecule has 2 nitrogen and oxygen atoms in total. The van der Waals surface area contributed by atoms with Crippen LogP contribution in [0.1, 0.15) is 15.9 Å². The first kappa shape index (κ1) is 15.0. The number of carbonyl (C=O) groups is 1. The monoisotopic (exact) mass is 297 g/mol. The topological polar surface area (TPSA) is 29.1 Å². The van der Waals surface area contributed by atoms with Crippen molar-refractivity contribution in [2.24, 2.45) is 0 Å². The molecule has 0 bridgehead atoms. The molecule has 0 aliphatic rings. The van der Waals surface area contributed by atoms with Gasteiger partial charge in [0.25, 0.3) is 5.91 Å². The fourth-order valence-corrected chi connectivity index (χ4v) is 1.85. The van der Waals surface area contributed by atoms with E-state index in [1.165, 1.54) is 6.07 Å². The highest BCUT2D eigenvalue weighted by Crippen LogP contribution is 2.11. The van der Waals surface area contributed by atoms with Crippen molar-refractivity contribution in [1.82, 2.24) is 5.32 Å². The molecule has 2 rings (SSSR count). The van der Waals surface area contributed by atoms with Crippen LogP contribution in [0.2, 0.25) is 0 Å². The van der Waals surface area contributed by atoms with Gasteiger partial charge in [0.1, 0.15) is 11.6 Å². The highest BCUT2D eigenvalue weighted by molar-refractivity contribution is 5.94. The summed E-state index contributed by atoms with van der Waals surface area (Å²) in [5.41, 5.74) is -0.0621. The first-order chi connectivity index (χ1) is 9.97. The molecule has 0 spiro atoms. The lowest BCUT2D eigenvalue weighted by molar-refractivity contribution is 0.0949. The predicted octanol–water partition coefficient (Wildman–Crippen LogP) is 3.22. The Bertz CT molecular complexity index is 652. The van der Waals surface area contributed by atoms with E-state index >= 15 is 0 Å². The third-order valence-corrected chi connectivity index (χ3v) is 2.82. The van der Waals surface area contributed by atoms with Crippen molar-refractivity contribution in [3.05, 3.63) is 70.8 Å². The second-order valence-electron chi connectivity index (χ2n) is 4.38. The molecule has 0 radical (unpaired) electrons. The van der Waals surface area contributed by atoms with Gasteiger partial charge in [-0.3, -0.25) is 4.79 Å². The largest absolute Gasteiger partial charge is 0.352 e. The summed E-state index contributed by atoms with van der Waals surface area (Å²) in [5, 5.41) is 2.36. The minimum atomic E-state index is -1.23. The Morgan fingerprint density at radius 1 is 1.00 bits per heavy atom. The molecular weight excluding hydrogens is 286 g/mol. The van der Waals surface area contributed by atoms with Crippen LogP contribution in [0.15, 0.2) is 36.4 Å². The maximum Gasteiger partial charge on any atom is 0.254 e. The maximum atomic E-state index is 13.4. The predicted molar refractivity (Wildman–Crippen MR) is 68.8 cm³/mol. The third-order valence-electron chi connectivity index (χ3n) is 2.82. The van der Waals surface area contributed by atoms with Crippen LogP contribution in [0, 0.1) is 23.3 Å². The molecular formula is C15H11F4NO. The molecule has 0 saturated carbocycles. The van der Waals surface area contributed by atoms with Crippen LogP contribution in [0.5, 0.6) is 0 Å². The van der Waals surface area contributed by atoms with Gasteiger partial charge in [-0.25, -0.2) is 17.6 Å². The van der Waals surface area contributed by atoms with Crippen LogP contribution in [-0.2, 0) is 6.42 Å². The second-order valence-corrected chi connectivity index (χ2v) is 4.38. The van der Waals surface area contributed by atoms with Crippen molar-refractivity contribution >= 4 is 5.91 Å². The van der Waals surface area contributed by atoms with E-state index in [4.69, 9.17) is 0 Å². The van der Waals surface area contributed by atoms with Gasteiger partial charge >= 0.3 is 0 Å². The molecule has 0 aliphatic heterocycles. The number of nitrogens with one attached hydrogen (secondary N) is 1. The summed E-state index contributed by atoms with van der Waals surface area (Å²) in [6.45, 7) is 0.0394. The number of benzene rings is 2. The fourth-order valence-electron chi connectivity index (χ4n) is 1.85. The Balaban J connectivity index is 1.97. The molecule has 21 heavy (non-hydrogen) atoms. The molecule has 0 aromatic heterocycles. The van der Waals surface area contributed by atoms with Crippen molar-refractivity contribution in [3.8, 4) is 0 Å². The van der Waals surface area contributed by atoms with Gasteiger partial charge in [0.05, 0.1) is 5.56 Å². The number of hydrogen-bond donors (Lipinski definition) is 1. The number of amides is 1. The number of rotatable bonds is 4. The van der Waals surface area contributed by atoms with Crippen LogP contribution in [0.4, 0.5) is 17.6 Å². The normalized spacial score (nSPS) is 10.5. The molecule has 6 heteroatoms. The van der Waals surface area contributed by atoms with E-state index in [2.05, 4.69) is 5.32 Å². The van der Waals surface area contributed by atoms with E-state index in [9.17, 15) is 22.4 Å². The average molecular weight is 297 g/mol. The Hall–Kier alpha value is -2.37. The molecule has 1 amide bonds. The summed E-state index contributed by atoms with van der Waals surface area (Å²) in [4.78, 5) is 11.7. The molecule has 0 aliphatic carbocycles. The zero-order valence-electron chi connectivity index (χ0n) is 10.8. The van der Waals surface area contributed by atoms with Gasteiger partial charge in [0.2, 0.25) is 0 Å². The van der Waals surface area contributed by atoms with Gasteiger partial charge in [0.15, 0.2) is 11.6 Å². The fraction of sp³-hybridized carbons (Fsp3) is 0.133. The van der Waals surface area contributed by atoms with Crippen molar-refractivity contribution in [1.29, 1.82) is 0 Å². The Kier molecular flexibility index (Phi) is 4.57. The standard InChI is InChI=1S/C15H11F4NO/c16-10-6-9(7-11(17)8-10)4-5-20-15(21)12-2-1-3-13(18)14(12)19/h1-3,6-8H,4-5H2,(H,20,21). The van der Waals surface area contributed by atoms with Gasteiger partial charge in [-0.1, -0.05) is 6.07 Å². The summed E-state index contributed by atoms with van der Waals surface area (Å²) < 4.78 is 52.3. The smallest absolute Gasteiger partial charge is 0.254 e. The van der Waals surface area contributed by atoms with Crippen LogP contribution in [0.25, 0.3) is 0 Å². The highest BCUT2D eigenvalue weighted by Gasteiger charge is 2.14. The van der Waals surface area contributed by atoms with Gasteiger partial charge in [-0.15, -0.1) is 0 Å². The molecule has 2 aromatic carbocycles. The number of carbonyl (C=O) groups excluding carboxylic acids is 1. The van der Waals surface area contributed by atoms with Gasteiger partial charge in [-0.2, -0.15) is 0 Å². The first-order valence-corrected chi connectivity index (χ1v) is 6.14. The van der Waals surface area contributed by atoms with Crippen LogP contribution in [-0.4, -0.2) is 12.5 Å². The second kappa shape index (κ2) is 6.39. The lowest BCUT2D eigenvalue weighted by atomic mass is 10.1. The highest BCUT2D eigenvalue weighted by atomic mass is 19.2. The van der Waals surface area contributed by atoms with Crippen LogP contribution >= 0.6 is 0 Å². The van der Waals surface area contributed by atoms with E-state index in [1.54, 1.807) is 0 Å². The van der Waals surface area contributed by atoms with Crippen molar-refractivity contribution in [2.45, 2.75) is 6.42 Å². The van der Waals surface area contributed by atoms with E-state index in [1.807, 2.05) is 0 Å².